The molecule has 1 aliphatic heterocycles. The Bertz CT molecular complexity index is 517. The molecule has 1 N–H and O–H groups in total. The fourth-order valence-corrected chi connectivity index (χ4v) is 2.16. The average molecular weight is 233 g/mol. The molecule has 5 heteroatoms. The molecule has 0 saturated carbocycles. The van der Waals surface area contributed by atoms with Crippen LogP contribution in [-0.4, -0.2) is 36.2 Å². The first-order valence-corrected chi connectivity index (χ1v) is 5.72. The second-order valence-corrected chi connectivity index (χ2v) is 4.01. The summed E-state index contributed by atoms with van der Waals surface area (Å²) in [5.41, 5.74) is 0.971. The van der Waals surface area contributed by atoms with E-state index in [4.69, 9.17) is 9.47 Å². The van der Waals surface area contributed by atoms with E-state index in [1.807, 2.05) is 28.9 Å². The smallest absolute Gasteiger partial charge is 0.144 e. The topological polar surface area (TPSA) is 47.8 Å². The number of morpholine rings is 1. The third kappa shape index (κ3) is 1.77. The number of rotatable bonds is 2. The first kappa shape index (κ1) is 10.6. The molecule has 0 bridgehead atoms. The molecule has 2 aromatic heterocycles. The van der Waals surface area contributed by atoms with Gasteiger partial charge in [0, 0.05) is 19.3 Å². The normalized spacial score (nSPS) is 20.6. The maximum atomic E-state index is 5.72. The highest BCUT2D eigenvalue weighted by atomic mass is 16.5. The van der Waals surface area contributed by atoms with E-state index in [0.717, 1.165) is 36.8 Å². The van der Waals surface area contributed by atoms with Crippen LogP contribution in [0.1, 0.15) is 11.9 Å². The molecule has 1 aliphatic rings. The number of ether oxygens (including phenoxy) is 2. The second-order valence-electron chi connectivity index (χ2n) is 4.01. The number of hydrogen-bond acceptors (Lipinski definition) is 4. The highest BCUT2D eigenvalue weighted by molar-refractivity contribution is 5.59. The number of nitrogens with one attached hydrogen (secondary N) is 1. The molecule has 17 heavy (non-hydrogen) atoms. The highest BCUT2D eigenvalue weighted by Gasteiger charge is 2.20. The Morgan fingerprint density at radius 2 is 2.53 bits per heavy atom. The van der Waals surface area contributed by atoms with Crippen molar-refractivity contribution in [2.75, 3.05) is 26.8 Å². The zero-order chi connectivity index (χ0) is 11.7. The molecule has 0 radical (unpaired) electrons. The van der Waals surface area contributed by atoms with E-state index < -0.39 is 0 Å². The van der Waals surface area contributed by atoms with E-state index in [9.17, 15) is 0 Å². The average Bonchev–Trinajstić information content (AvgIpc) is 2.83. The number of pyridine rings is 1. The van der Waals surface area contributed by atoms with Gasteiger partial charge in [-0.15, -0.1) is 0 Å². The number of fused-ring (bicyclic) bond motifs is 1. The molecule has 0 spiro atoms. The fraction of sp³-hybridized carbons (Fsp3) is 0.417. The van der Waals surface area contributed by atoms with Gasteiger partial charge in [0.15, 0.2) is 0 Å². The summed E-state index contributed by atoms with van der Waals surface area (Å²) < 4.78 is 13.1. The Morgan fingerprint density at radius 1 is 1.59 bits per heavy atom. The third-order valence-corrected chi connectivity index (χ3v) is 3.00. The first-order chi connectivity index (χ1) is 8.40. The van der Waals surface area contributed by atoms with Gasteiger partial charge in [-0.3, -0.25) is 4.40 Å². The van der Waals surface area contributed by atoms with E-state index in [-0.39, 0.29) is 6.10 Å². The summed E-state index contributed by atoms with van der Waals surface area (Å²) in [6.07, 6.45) is 3.82. The molecular formula is C12H15N3O2. The van der Waals surface area contributed by atoms with Crippen LogP contribution in [0.25, 0.3) is 5.52 Å². The van der Waals surface area contributed by atoms with Gasteiger partial charge < -0.3 is 14.8 Å². The van der Waals surface area contributed by atoms with Crippen molar-refractivity contribution in [1.82, 2.24) is 14.7 Å². The molecule has 3 rings (SSSR count). The lowest BCUT2D eigenvalue weighted by Crippen LogP contribution is -2.34. The van der Waals surface area contributed by atoms with Crippen LogP contribution in [0.15, 0.2) is 24.5 Å². The van der Waals surface area contributed by atoms with Crippen molar-refractivity contribution in [1.29, 1.82) is 0 Å². The number of hydrogen-bond donors (Lipinski definition) is 1. The van der Waals surface area contributed by atoms with Crippen LogP contribution in [0.2, 0.25) is 0 Å². The van der Waals surface area contributed by atoms with Gasteiger partial charge in [0.2, 0.25) is 0 Å². The molecule has 0 amide bonds. The lowest BCUT2D eigenvalue weighted by molar-refractivity contribution is 0.0218. The third-order valence-electron chi connectivity index (χ3n) is 3.00. The van der Waals surface area contributed by atoms with Crippen molar-refractivity contribution in [3.05, 3.63) is 30.4 Å². The van der Waals surface area contributed by atoms with Gasteiger partial charge in [-0.05, 0) is 12.1 Å². The lowest BCUT2D eigenvalue weighted by atomic mass is 10.3. The van der Waals surface area contributed by atoms with E-state index in [2.05, 4.69) is 10.3 Å². The summed E-state index contributed by atoms with van der Waals surface area (Å²) in [6.45, 7) is 2.43. The monoisotopic (exact) mass is 233 g/mol. The first-order valence-electron chi connectivity index (χ1n) is 5.72. The standard InChI is InChI=1S/C12H15N3O2/c1-16-10-3-2-5-15-9(10)7-14-12(15)11-8-13-4-6-17-11/h2-3,5,7,11,13H,4,6,8H2,1H3. The van der Waals surface area contributed by atoms with Gasteiger partial charge in [0.1, 0.15) is 23.2 Å². The van der Waals surface area contributed by atoms with Crippen molar-refractivity contribution in [3.63, 3.8) is 0 Å². The maximum absolute atomic E-state index is 5.72. The molecule has 5 nitrogen and oxygen atoms in total. The molecule has 0 aliphatic carbocycles. The molecule has 2 aromatic rings. The van der Waals surface area contributed by atoms with Crippen LogP contribution in [-0.2, 0) is 4.74 Å². The molecule has 1 atom stereocenters. The largest absolute Gasteiger partial charge is 0.494 e. The van der Waals surface area contributed by atoms with Gasteiger partial charge in [-0.25, -0.2) is 4.98 Å². The summed E-state index contributed by atoms with van der Waals surface area (Å²) in [5, 5.41) is 3.31. The quantitative estimate of drug-likeness (QED) is 0.840. The molecule has 3 heterocycles. The highest BCUT2D eigenvalue weighted by Crippen LogP contribution is 2.24. The van der Waals surface area contributed by atoms with Crippen LogP contribution < -0.4 is 10.1 Å². The van der Waals surface area contributed by atoms with Crippen LogP contribution >= 0.6 is 0 Å². The van der Waals surface area contributed by atoms with Crippen LogP contribution in [0, 0.1) is 0 Å². The SMILES string of the molecule is COc1cccn2c(C3CNCCO3)ncc12. The molecular weight excluding hydrogens is 218 g/mol. The minimum atomic E-state index is 0.0124. The summed E-state index contributed by atoms with van der Waals surface area (Å²) in [5.74, 6) is 1.75. The Hall–Kier alpha value is -1.59. The number of methoxy groups -OCH3 is 1. The number of nitrogens with zero attached hydrogens (tertiary/aromatic N) is 2. The van der Waals surface area contributed by atoms with Crippen LogP contribution in [0.3, 0.4) is 0 Å². The molecule has 1 unspecified atom stereocenters. The molecule has 90 valence electrons. The molecule has 1 saturated heterocycles. The minimum Gasteiger partial charge on any atom is -0.494 e. The fourth-order valence-electron chi connectivity index (χ4n) is 2.16. The molecule has 0 aromatic carbocycles. The number of imidazole rings is 1. The van der Waals surface area contributed by atoms with E-state index in [0.29, 0.717) is 0 Å². The summed E-state index contributed by atoms with van der Waals surface area (Å²) in [7, 11) is 1.67. The van der Waals surface area contributed by atoms with Crippen LogP contribution in [0.4, 0.5) is 0 Å². The summed E-state index contributed by atoms with van der Waals surface area (Å²) in [4.78, 5) is 4.45. The van der Waals surface area contributed by atoms with Crippen LogP contribution in [0.5, 0.6) is 5.75 Å². The van der Waals surface area contributed by atoms with Crippen molar-refractivity contribution < 1.29 is 9.47 Å². The Labute approximate surface area is 99.4 Å². The lowest BCUT2D eigenvalue weighted by Gasteiger charge is -2.22. The van der Waals surface area contributed by atoms with E-state index >= 15 is 0 Å². The van der Waals surface area contributed by atoms with Gasteiger partial charge >= 0.3 is 0 Å². The summed E-state index contributed by atoms with van der Waals surface area (Å²) in [6, 6.07) is 3.88. The Kier molecular flexibility index (Phi) is 2.70. The number of aromatic nitrogens is 2. The zero-order valence-corrected chi connectivity index (χ0v) is 9.72. The predicted molar refractivity (Wildman–Crippen MR) is 63.3 cm³/mol. The summed E-state index contributed by atoms with van der Waals surface area (Å²) >= 11 is 0. The van der Waals surface area contributed by atoms with E-state index in [1.165, 1.54) is 0 Å². The predicted octanol–water partition coefficient (Wildman–Crippen LogP) is 1.00. The van der Waals surface area contributed by atoms with Gasteiger partial charge in [0.25, 0.3) is 0 Å². The van der Waals surface area contributed by atoms with Gasteiger partial charge in [-0.1, -0.05) is 0 Å². The van der Waals surface area contributed by atoms with Gasteiger partial charge in [0.05, 0.1) is 19.9 Å². The minimum absolute atomic E-state index is 0.0124. The van der Waals surface area contributed by atoms with Crippen molar-refractivity contribution >= 4 is 5.52 Å². The van der Waals surface area contributed by atoms with Gasteiger partial charge in [-0.2, -0.15) is 0 Å². The van der Waals surface area contributed by atoms with Crippen molar-refractivity contribution in [2.45, 2.75) is 6.10 Å². The van der Waals surface area contributed by atoms with Crippen molar-refractivity contribution in [3.8, 4) is 5.75 Å². The Morgan fingerprint density at radius 3 is 3.29 bits per heavy atom. The second kappa shape index (κ2) is 4.35. The molecule has 1 fully saturated rings. The van der Waals surface area contributed by atoms with Crippen molar-refractivity contribution in [2.24, 2.45) is 0 Å². The maximum Gasteiger partial charge on any atom is 0.144 e. The zero-order valence-electron chi connectivity index (χ0n) is 9.72. The Balaban J connectivity index is 2.05. The van der Waals surface area contributed by atoms with E-state index in [1.54, 1.807) is 7.11 Å².